The van der Waals surface area contributed by atoms with E-state index in [0.717, 1.165) is 10.0 Å². The molecule has 1 aromatic rings. The van der Waals surface area contributed by atoms with Crippen molar-refractivity contribution in [2.24, 2.45) is 11.7 Å². The molecule has 0 heterocycles. The van der Waals surface area contributed by atoms with E-state index in [1.165, 1.54) is 5.56 Å². The molecule has 0 aromatic heterocycles. The monoisotopic (exact) mass is 284 g/mol. The molecule has 4 heteroatoms. The average molecular weight is 285 g/mol. The van der Waals surface area contributed by atoms with Gasteiger partial charge >= 0.3 is 0 Å². The summed E-state index contributed by atoms with van der Waals surface area (Å²) in [5, 5.41) is 2.88. The van der Waals surface area contributed by atoms with Crippen LogP contribution in [-0.4, -0.2) is 12.5 Å². The van der Waals surface area contributed by atoms with Crippen LogP contribution in [0.4, 0.5) is 0 Å². The Morgan fingerprint density at radius 1 is 1.56 bits per heavy atom. The Kier molecular flexibility index (Phi) is 4.96. The number of hydrogen-bond donors (Lipinski definition) is 2. The summed E-state index contributed by atoms with van der Waals surface area (Å²) in [6.07, 6.45) is 0. The number of hydrogen-bond acceptors (Lipinski definition) is 2. The Morgan fingerprint density at radius 3 is 2.88 bits per heavy atom. The van der Waals surface area contributed by atoms with E-state index in [-0.39, 0.29) is 11.8 Å². The van der Waals surface area contributed by atoms with Crippen LogP contribution in [0.1, 0.15) is 18.1 Å². The third-order valence-corrected chi connectivity index (χ3v) is 3.06. The smallest absolute Gasteiger partial charge is 0.224 e. The lowest BCUT2D eigenvalue weighted by atomic mass is 10.1. The number of halogens is 1. The fourth-order valence-corrected chi connectivity index (χ4v) is 1.70. The molecule has 1 amide bonds. The number of rotatable bonds is 4. The fourth-order valence-electron chi connectivity index (χ4n) is 1.29. The first-order chi connectivity index (χ1) is 7.54. The standard InChI is InChI=1S/C12H17BrN2O/c1-8-3-4-11(13)5-10(8)7-15-12(16)9(2)6-14/h3-5,9H,6-7,14H2,1-2H3,(H,15,16). The van der Waals surface area contributed by atoms with Crippen LogP contribution in [0.5, 0.6) is 0 Å². The maximum atomic E-state index is 11.5. The molecule has 3 nitrogen and oxygen atoms in total. The maximum absolute atomic E-state index is 11.5. The molecule has 0 aliphatic rings. The molecule has 0 aliphatic carbocycles. The molecule has 1 rings (SSSR count). The molecule has 88 valence electrons. The molecular weight excluding hydrogens is 268 g/mol. The van der Waals surface area contributed by atoms with Crippen molar-refractivity contribution in [1.82, 2.24) is 5.32 Å². The first-order valence-electron chi connectivity index (χ1n) is 5.27. The lowest BCUT2D eigenvalue weighted by Crippen LogP contribution is -2.32. The highest BCUT2D eigenvalue weighted by Gasteiger charge is 2.10. The van der Waals surface area contributed by atoms with Gasteiger partial charge in [-0.1, -0.05) is 28.9 Å². The Balaban J connectivity index is 2.61. The molecule has 0 radical (unpaired) electrons. The molecule has 16 heavy (non-hydrogen) atoms. The lowest BCUT2D eigenvalue weighted by molar-refractivity contribution is -0.124. The average Bonchev–Trinajstić information content (AvgIpc) is 2.28. The van der Waals surface area contributed by atoms with Crippen LogP contribution in [0.25, 0.3) is 0 Å². The van der Waals surface area contributed by atoms with E-state index in [0.29, 0.717) is 13.1 Å². The van der Waals surface area contributed by atoms with Gasteiger partial charge in [0.25, 0.3) is 0 Å². The van der Waals surface area contributed by atoms with Crippen LogP contribution < -0.4 is 11.1 Å². The van der Waals surface area contributed by atoms with E-state index in [1.54, 1.807) is 0 Å². The topological polar surface area (TPSA) is 55.1 Å². The Hall–Kier alpha value is -0.870. The largest absolute Gasteiger partial charge is 0.352 e. The molecule has 0 fully saturated rings. The second-order valence-electron chi connectivity index (χ2n) is 3.93. The van der Waals surface area contributed by atoms with Gasteiger partial charge in [0.15, 0.2) is 0 Å². The summed E-state index contributed by atoms with van der Waals surface area (Å²) in [6, 6.07) is 6.03. The van der Waals surface area contributed by atoms with E-state index >= 15 is 0 Å². The van der Waals surface area contributed by atoms with Gasteiger partial charge in [-0.2, -0.15) is 0 Å². The highest BCUT2D eigenvalue weighted by molar-refractivity contribution is 9.10. The zero-order valence-electron chi connectivity index (χ0n) is 9.59. The summed E-state index contributed by atoms with van der Waals surface area (Å²) >= 11 is 3.41. The lowest BCUT2D eigenvalue weighted by Gasteiger charge is -2.11. The third-order valence-electron chi connectivity index (χ3n) is 2.57. The minimum absolute atomic E-state index is 0.00174. The van der Waals surface area contributed by atoms with Gasteiger partial charge in [0.1, 0.15) is 0 Å². The van der Waals surface area contributed by atoms with Crippen molar-refractivity contribution >= 4 is 21.8 Å². The number of benzene rings is 1. The number of amides is 1. The van der Waals surface area contributed by atoms with Gasteiger partial charge in [0, 0.05) is 23.5 Å². The SMILES string of the molecule is Cc1ccc(Br)cc1CNC(=O)C(C)CN. The minimum atomic E-state index is -0.132. The second kappa shape index (κ2) is 6.01. The predicted octanol–water partition coefficient (Wildman–Crippen LogP) is 1.97. The molecule has 0 saturated heterocycles. The third kappa shape index (κ3) is 3.61. The van der Waals surface area contributed by atoms with Gasteiger partial charge in [0.05, 0.1) is 0 Å². The Bertz CT molecular complexity index is 379. The molecule has 1 unspecified atom stereocenters. The van der Waals surface area contributed by atoms with E-state index in [4.69, 9.17) is 5.73 Å². The Morgan fingerprint density at radius 2 is 2.25 bits per heavy atom. The zero-order valence-corrected chi connectivity index (χ0v) is 11.2. The van der Waals surface area contributed by atoms with Crippen LogP contribution >= 0.6 is 15.9 Å². The van der Waals surface area contributed by atoms with Crippen molar-refractivity contribution in [3.8, 4) is 0 Å². The first kappa shape index (κ1) is 13.2. The van der Waals surface area contributed by atoms with Crippen LogP contribution in [0.3, 0.4) is 0 Å². The van der Waals surface area contributed by atoms with E-state index in [2.05, 4.69) is 21.2 Å². The van der Waals surface area contributed by atoms with Gasteiger partial charge in [0.2, 0.25) is 5.91 Å². The molecule has 0 spiro atoms. The summed E-state index contributed by atoms with van der Waals surface area (Å²) in [6.45, 7) is 4.78. The number of carbonyl (C=O) groups is 1. The molecule has 1 atom stereocenters. The zero-order chi connectivity index (χ0) is 12.1. The highest BCUT2D eigenvalue weighted by Crippen LogP contribution is 2.15. The number of nitrogens with two attached hydrogens (primary N) is 1. The summed E-state index contributed by atoms with van der Waals surface area (Å²) in [5.74, 6) is -0.130. The van der Waals surface area contributed by atoms with Crippen molar-refractivity contribution < 1.29 is 4.79 Å². The predicted molar refractivity (Wildman–Crippen MR) is 68.9 cm³/mol. The maximum Gasteiger partial charge on any atom is 0.224 e. The molecule has 1 aromatic carbocycles. The quantitative estimate of drug-likeness (QED) is 0.888. The van der Waals surface area contributed by atoms with Crippen molar-refractivity contribution in [2.75, 3.05) is 6.54 Å². The van der Waals surface area contributed by atoms with Crippen molar-refractivity contribution in [1.29, 1.82) is 0 Å². The normalized spacial score (nSPS) is 12.2. The number of aryl methyl sites for hydroxylation is 1. The molecule has 0 saturated carbocycles. The van der Waals surface area contributed by atoms with E-state index < -0.39 is 0 Å². The minimum Gasteiger partial charge on any atom is -0.352 e. The van der Waals surface area contributed by atoms with E-state index in [1.807, 2.05) is 32.0 Å². The summed E-state index contributed by atoms with van der Waals surface area (Å²) < 4.78 is 1.02. The van der Waals surface area contributed by atoms with E-state index in [9.17, 15) is 4.79 Å². The van der Waals surface area contributed by atoms with Gasteiger partial charge in [-0.05, 0) is 30.2 Å². The van der Waals surface area contributed by atoms with Crippen molar-refractivity contribution in [3.05, 3.63) is 33.8 Å². The number of nitrogens with one attached hydrogen (secondary N) is 1. The van der Waals surface area contributed by atoms with Gasteiger partial charge in [-0.25, -0.2) is 0 Å². The second-order valence-corrected chi connectivity index (χ2v) is 4.84. The van der Waals surface area contributed by atoms with Gasteiger partial charge < -0.3 is 11.1 Å². The first-order valence-corrected chi connectivity index (χ1v) is 6.06. The van der Waals surface area contributed by atoms with Crippen molar-refractivity contribution in [3.63, 3.8) is 0 Å². The highest BCUT2D eigenvalue weighted by atomic mass is 79.9. The summed E-state index contributed by atoms with van der Waals surface area (Å²) in [5.41, 5.74) is 7.72. The van der Waals surface area contributed by atoms with Gasteiger partial charge in [-0.3, -0.25) is 4.79 Å². The molecular formula is C12H17BrN2O. The fraction of sp³-hybridized carbons (Fsp3) is 0.417. The summed E-state index contributed by atoms with van der Waals surface area (Å²) in [4.78, 5) is 11.5. The van der Waals surface area contributed by atoms with Crippen LogP contribution in [-0.2, 0) is 11.3 Å². The number of carbonyl (C=O) groups excluding carboxylic acids is 1. The molecule has 0 bridgehead atoms. The van der Waals surface area contributed by atoms with Crippen molar-refractivity contribution in [2.45, 2.75) is 20.4 Å². The summed E-state index contributed by atoms with van der Waals surface area (Å²) in [7, 11) is 0. The van der Waals surface area contributed by atoms with Crippen LogP contribution in [0, 0.1) is 12.8 Å². The molecule has 3 N–H and O–H groups in total. The Labute approximate surface area is 105 Å². The molecule has 0 aliphatic heterocycles. The van der Waals surface area contributed by atoms with Gasteiger partial charge in [-0.15, -0.1) is 0 Å². The van der Waals surface area contributed by atoms with Crippen LogP contribution in [0.15, 0.2) is 22.7 Å². The van der Waals surface area contributed by atoms with Crippen LogP contribution in [0.2, 0.25) is 0 Å².